The third-order valence-corrected chi connectivity index (χ3v) is 4.84. The number of hydrogen-bond acceptors (Lipinski definition) is 4. The predicted molar refractivity (Wildman–Crippen MR) is 69.3 cm³/mol. The fourth-order valence-electron chi connectivity index (χ4n) is 3.30. The molecule has 1 aromatic rings. The molecule has 0 spiro atoms. The Morgan fingerprint density at radius 1 is 1.59 bits per heavy atom. The molecule has 2 aliphatic heterocycles. The van der Waals surface area contributed by atoms with Gasteiger partial charge < -0.3 is 10.1 Å². The zero-order valence-corrected chi connectivity index (χ0v) is 11.1. The topological polar surface area (TPSA) is 34.2 Å². The van der Waals surface area contributed by atoms with Crippen LogP contribution in [0.3, 0.4) is 0 Å². The number of nitrogens with zero attached hydrogens (tertiary/aromatic N) is 1. The molecule has 0 aliphatic carbocycles. The highest BCUT2D eigenvalue weighted by Gasteiger charge is 2.44. The second-order valence-corrected chi connectivity index (χ2v) is 6.08. The van der Waals surface area contributed by atoms with Crippen LogP contribution in [0.4, 0.5) is 0 Å². The Bertz CT molecular complexity index is 354. The van der Waals surface area contributed by atoms with Crippen molar-refractivity contribution in [1.29, 1.82) is 0 Å². The van der Waals surface area contributed by atoms with E-state index in [1.54, 1.807) is 11.3 Å². The molecule has 0 saturated carbocycles. The normalized spacial score (nSPS) is 33.1. The summed E-state index contributed by atoms with van der Waals surface area (Å²) in [6.45, 7) is 3.23. The fourth-order valence-corrected chi connectivity index (χ4v) is 3.95. The van der Waals surface area contributed by atoms with E-state index in [4.69, 9.17) is 4.74 Å². The molecule has 3 rings (SSSR count). The molecule has 94 valence electrons. The second kappa shape index (κ2) is 5.04. The van der Waals surface area contributed by atoms with Crippen LogP contribution in [0.5, 0.6) is 0 Å². The van der Waals surface area contributed by atoms with Gasteiger partial charge in [0.25, 0.3) is 0 Å². The zero-order valence-electron chi connectivity index (χ0n) is 10.3. The molecule has 4 heteroatoms. The smallest absolute Gasteiger partial charge is 0.0794 e. The molecule has 0 radical (unpaired) electrons. The van der Waals surface area contributed by atoms with Gasteiger partial charge >= 0.3 is 0 Å². The van der Waals surface area contributed by atoms with Crippen LogP contribution in [0.1, 0.15) is 31.1 Å². The number of aromatic nitrogens is 1. The van der Waals surface area contributed by atoms with Gasteiger partial charge in [-0.05, 0) is 32.2 Å². The van der Waals surface area contributed by atoms with Crippen LogP contribution in [0, 0.1) is 5.92 Å². The molecular formula is C13H20N2OS. The van der Waals surface area contributed by atoms with Crippen LogP contribution in [-0.4, -0.2) is 29.8 Å². The van der Waals surface area contributed by atoms with Crippen molar-refractivity contribution in [2.24, 2.45) is 5.92 Å². The Labute approximate surface area is 107 Å². The van der Waals surface area contributed by atoms with E-state index in [-0.39, 0.29) is 0 Å². The first kappa shape index (κ1) is 11.6. The van der Waals surface area contributed by atoms with Gasteiger partial charge in [-0.3, -0.25) is 4.98 Å². The van der Waals surface area contributed by atoms with Gasteiger partial charge in [0.15, 0.2) is 0 Å². The van der Waals surface area contributed by atoms with E-state index in [1.165, 1.54) is 24.1 Å². The molecule has 1 N–H and O–H groups in total. The lowest BCUT2D eigenvalue weighted by molar-refractivity contribution is 0.0859. The van der Waals surface area contributed by atoms with Gasteiger partial charge in [-0.25, -0.2) is 0 Å². The zero-order chi connectivity index (χ0) is 11.7. The molecule has 4 unspecified atom stereocenters. The van der Waals surface area contributed by atoms with Crippen LogP contribution < -0.4 is 5.32 Å². The van der Waals surface area contributed by atoms with Crippen LogP contribution in [0.15, 0.2) is 11.7 Å². The molecule has 2 fully saturated rings. The van der Waals surface area contributed by atoms with Gasteiger partial charge in [-0.1, -0.05) is 6.92 Å². The standard InChI is InChI=1S/C13H20N2OS/c1-2-15-12(6-10-7-14-8-17-10)11-5-9-3-4-13(11)16-9/h7-9,11-13,15H,2-6H2,1H3. The summed E-state index contributed by atoms with van der Waals surface area (Å²) < 4.78 is 5.98. The highest BCUT2D eigenvalue weighted by Crippen LogP contribution is 2.41. The summed E-state index contributed by atoms with van der Waals surface area (Å²) in [6, 6.07) is 0.566. The molecule has 3 nitrogen and oxygen atoms in total. The van der Waals surface area contributed by atoms with Crippen molar-refractivity contribution in [1.82, 2.24) is 10.3 Å². The molecular weight excluding hydrogens is 232 g/mol. The lowest BCUT2D eigenvalue weighted by Gasteiger charge is -2.28. The van der Waals surface area contributed by atoms with E-state index in [2.05, 4.69) is 17.2 Å². The minimum absolute atomic E-state index is 0.511. The van der Waals surface area contributed by atoms with Crippen molar-refractivity contribution in [2.45, 2.75) is 50.9 Å². The molecule has 1 aromatic heterocycles. The highest BCUT2D eigenvalue weighted by atomic mass is 32.1. The number of nitrogens with one attached hydrogen (secondary N) is 1. The number of likely N-dealkylation sites (N-methyl/N-ethyl adjacent to an activating group) is 1. The first-order valence-corrected chi connectivity index (χ1v) is 7.51. The number of thiazole rings is 1. The van der Waals surface area contributed by atoms with Crippen molar-refractivity contribution >= 4 is 11.3 Å². The lowest BCUT2D eigenvalue weighted by Crippen LogP contribution is -2.42. The molecule has 2 saturated heterocycles. The summed E-state index contributed by atoms with van der Waals surface area (Å²) in [5, 5.41) is 3.65. The maximum atomic E-state index is 5.98. The number of rotatable bonds is 5. The highest BCUT2D eigenvalue weighted by molar-refractivity contribution is 7.09. The Morgan fingerprint density at radius 3 is 3.12 bits per heavy atom. The molecule has 0 amide bonds. The molecule has 0 aromatic carbocycles. The maximum Gasteiger partial charge on any atom is 0.0794 e. The summed E-state index contributed by atoms with van der Waals surface area (Å²) in [7, 11) is 0. The summed E-state index contributed by atoms with van der Waals surface area (Å²) >= 11 is 1.76. The Morgan fingerprint density at radius 2 is 2.53 bits per heavy atom. The third kappa shape index (κ3) is 2.39. The van der Waals surface area contributed by atoms with Gasteiger partial charge in [0.2, 0.25) is 0 Å². The fraction of sp³-hybridized carbons (Fsp3) is 0.769. The number of hydrogen-bond donors (Lipinski definition) is 1. The SMILES string of the molecule is CCNC(Cc1cncs1)C1CC2CCC1O2. The van der Waals surface area contributed by atoms with E-state index in [9.17, 15) is 0 Å². The summed E-state index contributed by atoms with van der Waals surface area (Å²) in [6.07, 6.45) is 7.96. The van der Waals surface area contributed by atoms with E-state index in [0.717, 1.165) is 13.0 Å². The second-order valence-electron chi connectivity index (χ2n) is 5.11. The van der Waals surface area contributed by atoms with Gasteiger partial charge in [-0.2, -0.15) is 0 Å². The minimum Gasteiger partial charge on any atom is -0.375 e. The van der Waals surface area contributed by atoms with Gasteiger partial charge in [0, 0.05) is 23.0 Å². The van der Waals surface area contributed by atoms with Crippen LogP contribution >= 0.6 is 11.3 Å². The monoisotopic (exact) mass is 252 g/mol. The first-order valence-electron chi connectivity index (χ1n) is 6.63. The molecule has 2 aliphatic rings. The van der Waals surface area contributed by atoms with E-state index >= 15 is 0 Å². The van der Waals surface area contributed by atoms with Crippen LogP contribution in [0.2, 0.25) is 0 Å². The van der Waals surface area contributed by atoms with Gasteiger partial charge in [0.05, 0.1) is 17.7 Å². The summed E-state index contributed by atoms with van der Waals surface area (Å²) in [5.74, 6) is 0.704. The number of fused-ring (bicyclic) bond motifs is 2. The van der Waals surface area contributed by atoms with E-state index < -0.39 is 0 Å². The molecule has 4 atom stereocenters. The summed E-state index contributed by atoms with van der Waals surface area (Å²) in [4.78, 5) is 5.56. The van der Waals surface area contributed by atoms with Gasteiger partial charge in [0.1, 0.15) is 0 Å². The Balaban J connectivity index is 1.67. The number of ether oxygens (including phenoxy) is 1. The third-order valence-electron chi connectivity index (χ3n) is 4.04. The van der Waals surface area contributed by atoms with Crippen molar-refractivity contribution in [3.8, 4) is 0 Å². The van der Waals surface area contributed by atoms with Crippen LogP contribution in [-0.2, 0) is 11.2 Å². The summed E-state index contributed by atoms with van der Waals surface area (Å²) in [5.41, 5.74) is 1.93. The Hall–Kier alpha value is -0.450. The predicted octanol–water partition coefficient (Wildman–Crippen LogP) is 2.23. The Kier molecular flexibility index (Phi) is 3.45. The quantitative estimate of drug-likeness (QED) is 0.872. The molecule has 2 bridgehead atoms. The largest absolute Gasteiger partial charge is 0.375 e. The average Bonchev–Trinajstić information content (AvgIpc) is 3.05. The molecule has 17 heavy (non-hydrogen) atoms. The van der Waals surface area contributed by atoms with E-state index in [1.807, 2.05) is 11.7 Å². The van der Waals surface area contributed by atoms with Gasteiger partial charge in [-0.15, -0.1) is 11.3 Å². The minimum atomic E-state index is 0.511. The average molecular weight is 252 g/mol. The first-order chi connectivity index (χ1) is 8.36. The van der Waals surface area contributed by atoms with E-state index in [0.29, 0.717) is 24.2 Å². The van der Waals surface area contributed by atoms with Crippen molar-refractivity contribution in [3.63, 3.8) is 0 Å². The van der Waals surface area contributed by atoms with Crippen LogP contribution in [0.25, 0.3) is 0 Å². The van der Waals surface area contributed by atoms with Crippen molar-refractivity contribution < 1.29 is 4.74 Å². The lowest BCUT2D eigenvalue weighted by atomic mass is 9.82. The van der Waals surface area contributed by atoms with Crippen molar-refractivity contribution in [3.05, 3.63) is 16.6 Å². The van der Waals surface area contributed by atoms with Crippen molar-refractivity contribution in [2.75, 3.05) is 6.54 Å². The molecule has 3 heterocycles. The maximum absolute atomic E-state index is 5.98.